The SMILES string of the molecule is CC/C=C/CCN(C)CC. The van der Waals surface area contributed by atoms with Crippen molar-refractivity contribution in [2.24, 2.45) is 0 Å². The van der Waals surface area contributed by atoms with E-state index in [1.54, 1.807) is 0 Å². The highest BCUT2D eigenvalue weighted by molar-refractivity contribution is 4.80. The maximum absolute atomic E-state index is 2.32. The highest BCUT2D eigenvalue weighted by Crippen LogP contribution is 1.89. The van der Waals surface area contributed by atoms with Crippen LogP contribution in [0.15, 0.2) is 12.2 Å². The summed E-state index contributed by atoms with van der Waals surface area (Å²) in [6.07, 6.45) is 6.84. The predicted molar refractivity (Wildman–Crippen MR) is 47.2 cm³/mol. The van der Waals surface area contributed by atoms with Crippen molar-refractivity contribution < 1.29 is 0 Å². The first-order valence-corrected chi connectivity index (χ1v) is 4.14. The van der Waals surface area contributed by atoms with Gasteiger partial charge in [0.2, 0.25) is 0 Å². The normalized spacial score (nSPS) is 11.6. The quantitative estimate of drug-likeness (QED) is 0.531. The van der Waals surface area contributed by atoms with Crippen LogP contribution in [0.3, 0.4) is 0 Å². The highest BCUT2D eigenvalue weighted by Gasteiger charge is 1.88. The molecule has 0 N–H and O–H groups in total. The zero-order chi connectivity index (χ0) is 7.82. The van der Waals surface area contributed by atoms with Crippen molar-refractivity contribution in [3.63, 3.8) is 0 Å². The monoisotopic (exact) mass is 141 g/mol. The molecule has 0 aliphatic rings. The van der Waals surface area contributed by atoms with Crippen LogP contribution in [0.2, 0.25) is 0 Å². The molecule has 0 saturated carbocycles. The van der Waals surface area contributed by atoms with Gasteiger partial charge in [-0.15, -0.1) is 0 Å². The number of allylic oxidation sites excluding steroid dienone is 1. The minimum Gasteiger partial charge on any atom is -0.306 e. The van der Waals surface area contributed by atoms with Crippen molar-refractivity contribution in [3.05, 3.63) is 12.2 Å². The third kappa shape index (κ3) is 5.83. The number of nitrogens with zero attached hydrogens (tertiary/aromatic N) is 1. The Morgan fingerprint density at radius 3 is 2.40 bits per heavy atom. The Kier molecular flexibility index (Phi) is 6.61. The topological polar surface area (TPSA) is 3.24 Å². The summed E-state index contributed by atoms with van der Waals surface area (Å²) in [5, 5.41) is 0. The van der Waals surface area contributed by atoms with Gasteiger partial charge in [-0.3, -0.25) is 0 Å². The predicted octanol–water partition coefficient (Wildman–Crippen LogP) is 2.29. The van der Waals surface area contributed by atoms with Gasteiger partial charge in [0.15, 0.2) is 0 Å². The molecule has 0 spiro atoms. The molecule has 0 aromatic carbocycles. The molecule has 0 amide bonds. The van der Waals surface area contributed by atoms with Gasteiger partial charge < -0.3 is 4.90 Å². The van der Waals surface area contributed by atoms with Crippen LogP contribution in [0.5, 0.6) is 0 Å². The molecule has 0 fully saturated rings. The minimum absolute atomic E-state index is 1.15. The molecule has 1 nitrogen and oxygen atoms in total. The molecule has 0 aliphatic heterocycles. The summed E-state index contributed by atoms with van der Waals surface area (Å²) in [7, 11) is 2.15. The third-order valence-corrected chi connectivity index (χ3v) is 1.62. The summed E-state index contributed by atoms with van der Waals surface area (Å²) in [6, 6.07) is 0. The summed E-state index contributed by atoms with van der Waals surface area (Å²) >= 11 is 0. The van der Waals surface area contributed by atoms with E-state index in [9.17, 15) is 0 Å². The second kappa shape index (κ2) is 6.81. The highest BCUT2D eigenvalue weighted by atomic mass is 15.1. The first-order valence-electron chi connectivity index (χ1n) is 4.14. The number of hydrogen-bond acceptors (Lipinski definition) is 1. The van der Waals surface area contributed by atoms with Crippen LogP contribution < -0.4 is 0 Å². The van der Waals surface area contributed by atoms with Gasteiger partial charge in [-0.25, -0.2) is 0 Å². The average molecular weight is 141 g/mol. The van der Waals surface area contributed by atoms with E-state index >= 15 is 0 Å². The van der Waals surface area contributed by atoms with Crippen molar-refractivity contribution in [1.82, 2.24) is 4.90 Å². The zero-order valence-electron chi connectivity index (χ0n) is 7.43. The molecule has 0 aliphatic carbocycles. The maximum atomic E-state index is 2.32. The smallest absolute Gasteiger partial charge is 0.00127 e. The lowest BCUT2D eigenvalue weighted by Crippen LogP contribution is -2.17. The minimum atomic E-state index is 1.15. The average Bonchev–Trinajstić information content (AvgIpc) is 1.98. The molecule has 60 valence electrons. The standard InChI is InChI=1S/C9H19N/c1-4-6-7-8-9-10(3)5-2/h6-7H,4-5,8-9H2,1-3H3/b7-6+. The van der Waals surface area contributed by atoms with Gasteiger partial charge in [-0.05, 0) is 26.4 Å². The van der Waals surface area contributed by atoms with E-state index < -0.39 is 0 Å². The van der Waals surface area contributed by atoms with E-state index in [-0.39, 0.29) is 0 Å². The first-order chi connectivity index (χ1) is 4.81. The molecule has 0 radical (unpaired) electrons. The molecule has 10 heavy (non-hydrogen) atoms. The fourth-order valence-electron chi connectivity index (χ4n) is 0.738. The molecular formula is C9H19N. The molecule has 0 aromatic heterocycles. The van der Waals surface area contributed by atoms with E-state index in [1.807, 2.05) is 0 Å². The second-order valence-electron chi connectivity index (χ2n) is 2.56. The summed E-state index contributed by atoms with van der Waals surface area (Å²) in [6.45, 7) is 6.69. The molecule has 0 heterocycles. The van der Waals surface area contributed by atoms with E-state index in [1.165, 1.54) is 13.0 Å². The summed E-state index contributed by atoms with van der Waals surface area (Å²) in [4.78, 5) is 2.32. The lowest BCUT2D eigenvalue weighted by Gasteiger charge is -2.10. The maximum Gasteiger partial charge on any atom is 0.00127 e. The van der Waals surface area contributed by atoms with Crippen LogP contribution in [0.25, 0.3) is 0 Å². The third-order valence-electron chi connectivity index (χ3n) is 1.62. The molecular weight excluding hydrogens is 122 g/mol. The van der Waals surface area contributed by atoms with Crippen molar-refractivity contribution in [3.8, 4) is 0 Å². The van der Waals surface area contributed by atoms with Crippen LogP contribution in [0.1, 0.15) is 26.7 Å². The van der Waals surface area contributed by atoms with E-state index in [4.69, 9.17) is 0 Å². The van der Waals surface area contributed by atoms with Crippen LogP contribution >= 0.6 is 0 Å². The fraction of sp³-hybridized carbons (Fsp3) is 0.778. The number of rotatable bonds is 5. The molecule has 0 aromatic rings. The lowest BCUT2D eigenvalue weighted by molar-refractivity contribution is 0.360. The van der Waals surface area contributed by atoms with Crippen molar-refractivity contribution >= 4 is 0 Å². The second-order valence-corrected chi connectivity index (χ2v) is 2.56. The summed E-state index contributed by atoms with van der Waals surface area (Å²) < 4.78 is 0. The van der Waals surface area contributed by atoms with Crippen molar-refractivity contribution in [2.75, 3.05) is 20.1 Å². The molecule has 0 unspecified atom stereocenters. The van der Waals surface area contributed by atoms with E-state index in [0.717, 1.165) is 13.0 Å². The van der Waals surface area contributed by atoms with Crippen molar-refractivity contribution in [2.45, 2.75) is 26.7 Å². The Morgan fingerprint density at radius 1 is 1.20 bits per heavy atom. The van der Waals surface area contributed by atoms with Gasteiger partial charge in [0.25, 0.3) is 0 Å². The van der Waals surface area contributed by atoms with Gasteiger partial charge in [-0.2, -0.15) is 0 Å². The molecule has 0 bridgehead atoms. The van der Waals surface area contributed by atoms with Crippen LogP contribution in [-0.4, -0.2) is 25.0 Å². The molecule has 0 saturated heterocycles. The largest absolute Gasteiger partial charge is 0.306 e. The Bertz CT molecular complexity index is 86.7. The summed E-state index contributed by atoms with van der Waals surface area (Å²) in [5.41, 5.74) is 0. The van der Waals surface area contributed by atoms with Gasteiger partial charge >= 0.3 is 0 Å². The first kappa shape index (κ1) is 9.70. The number of hydrogen-bond donors (Lipinski definition) is 0. The van der Waals surface area contributed by atoms with Gasteiger partial charge in [-0.1, -0.05) is 26.0 Å². The Morgan fingerprint density at radius 2 is 1.90 bits per heavy atom. The molecule has 0 rings (SSSR count). The van der Waals surface area contributed by atoms with Gasteiger partial charge in [0.1, 0.15) is 0 Å². The van der Waals surface area contributed by atoms with Crippen LogP contribution in [0.4, 0.5) is 0 Å². The van der Waals surface area contributed by atoms with Crippen LogP contribution in [-0.2, 0) is 0 Å². The lowest BCUT2D eigenvalue weighted by atomic mass is 10.3. The van der Waals surface area contributed by atoms with E-state index in [2.05, 4.69) is 37.9 Å². The van der Waals surface area contributed by atoms with E-state index in [0.29, 0.717) is 0 Å². The Balaban J connectivity index is 3.10. The Hall–Kier alpha value is -0.300. The van der Waals surface area contributed by atoms with Gasteiger partial charge in [0.05, 0.1) is 0 Å². The van der Waals surface area contributed by atoms with Crippen LogP contribution in [0, 0.1) is 0 Å². The fourth-order valence-corrected chi connectivity index (χ4v) is 0.738. The zero-order valence-corrected chi connectivity index (χ0v) is 7.43. The molecule has 1 heteroatoms. The van der Waals surface area contributed by atoms with Crippen molar-refractivity contribution in [1.29, 1.82) is 0 Å². The summed E-state index contributed by atoms with van der Waals surface area (Å²) in [5.74, 6) is 0. The molecule has 0 atom stereocenters. The Labute approximate surface area is 64.7 Å². The van der Waals surface area contributed by atoms with Gasteiger partial charge in [0, 0.05) is 6.54 Å².